The first-order chi connectivity index (χ1) is 11.8. The van der Waals surface area contributed by atoms with Gasteiger partial charge in [0.05, 0.1) is 0 Å². The molecule has 25 heavy (non-hydrogen) atoms. The number of amides is 1. The average molecular weight is 344 g/mol. The van der Waals surface area contributed by atoms with E-state index in [0.29, 0.717) is 5.65 Å². The molecule has 0 spiro atoms. The number of hydrogen-bond acceptors (Lipinski definition) is 5. The van der Waals surface area contributed by atoms with Crippen molar-refractivity contribution in [2.75, 3.05) is 0 Å². The number of carbonyl (C=O) groups excluding carboxylic acids is 1. The number of rotatable bonds is 2. The lowest BCUT2D eigenvalue weighted by molar-refractivity contribution is 0.0604. The Kier molecular flexibility index (Phi) is 4.74. The summed E-state index contributed by atoms with van der Waals surface area (Å²) in [5.74, 6) is 1.54. The molecule has 2 atom stereocenters. The molecule has 7 heteroatoms. The standard InChI is InChI=1S/C18H24N4O3/c1-18(2,3)25-17(24)19-11-12-5-4-6-13(9-12)16-21-20-15-10-14(23)7-8-22(15)16/h7-8,10-13,23H,4-6,9H2,1-3H3/b19-11+/t12?,13-/m0/s1. The topological polar surface area (TPSA) is 89.1 Å². The molecule has 1 amide bonds. The third-order valence-electron chi connectivity index (χ3n) is 4.28. The Balaban J connectivity index is 1.69. The quantitative estimate of drug-likeness (QED) is 0.839. The highest BCUT2D eigenvalue weighted by atomic mass is 16.6. The van der Waals surface area contributed by atoms with Crippen molar-refractivity contribution in [2.45, 2.75) is 58.0 Å². The molecule has 0 saturated heterocycles. The van der Waals surface area contributed by atoms with Gasteiger partial charge in [-0.3, -0.25) is 4.40 Å². The summed E-state index contributed by atoms with van der Waals surface area (Å²) in [7, 11) is 0. The van der Waals surface area contributed by atoms with Crippen LogP contribution in [-0.4, -0.2) is 37.6 Å². The smallest absolute Gasteiger partial charge is 0.433 e. The third-order valence-corrected chi connectivity index (χ3v) is 4.28. The molecule has 0 radical (unpaired) electrons. The number of aromatic hydroxyl groups is 1. The largest absolute Gasteiger partial charge is 0.508 e. The number of fused-ring (bicyclic) bond motifs is 1. The number of ether oxygens (including phenoxy) is 1. The van der Waals surface area contributed by atoms with Crippen LogP contribution in [0, 0.1) is 5.92 Å². The first kappa shape index (κ1) is 17.4. The zero-order chi connectivity index (χ0) is 18.0. The molecule has 2 aromatic heterocycles. The summed E-state index contributed by atoms with van der Waals surface area (Å²) in [6.45, 7) is 5.47. The number of aromatic nitrogens is 3. The molecule has 3 rings (SSSR count). The van der Waals surface area contributed by atoms with Gasteiger partial charge in [0.25, 0.3) is 0 Å². The monoisotopic (exact) mass is 344 g/mol. The van der Waals surface area contributed by atoms with Gasteiger partial charge >= 0.3 is 6.09 Å². The summed E-state index contributed by atoms with van der Waals surface area (Å²) in [6, 6.07) is 3.23. The highest BCUT2D eigenvalue weighted by Crippen LogP contribution is 2.35. The molecule has 1 saturated carbocycles. The molecule has 0 aromatic carbocycles. The van der Waals surface area contributed by atoms with E-state index in [4.69, 9.17) is 4.74 Å². The molecule has 2 aromatic rings. The van der Waals surface area contributed by atoms with Crippen LogP contribution in [0.1, 0.15) is 58.2 Å². The zero-order valence-corrected chi connectivity index (χ0v) is 14.8. The fraction of sp³-hybridized carbons (Fsp3) is 0.556. The Morgan fingerprint density at radius 1 is 1.40 bits per heavy atom. The van der Waals surface area contributed by atoms with Crippen LogP contribution >= 0.6 is 0 Å². The minimum Gasteiger partial charge on any atom is -0.508 e. The van der Waals surface area contributed by atoms with E-state index in [9.17, 15) is 9.90 Å². The molecule has 1 aliphatic carbocycles. The van der Waals surface area contributed by atoms with Gasteiger partial charge in [0.1, 0.15) is 17.2 Å². The second-order valence-electron chi connectivity index (χ2n) is 7.55. The second kappa shape index (κ2) is 6.82. The van der Waals surface area contributed by atoms with Crippen LogP contribution in [0.3, 0.4) is 0 Å². The van der Waals surface area contributed by atoms with Crippen molar-refractivity contribution in [3.05, 3.63) is 24.2 Å². The molecule has 2 heterocycles. The minimum atomic E-state index is -0.543. The van der Waals surface area contributed by atoms with Crippen LogP contribution in [0.25, 0.3) is 5.65 Å². The van der Waals surface area contributed by atoms with Crippen LogP contribution < -0.4 is 0 Å². The minimum absolute atomic E-state index is 0.178. The Morgan fingerprint density at radius 2 is 2.20 bits per heavy atom. The number of nitrogens with zero attached hydrogens (tertiary/aromatic N) is 4. The molecular formula is C18H24N4O3. The lowest BCUT2D eigenvalue weighted by Gasteiger charge is -2.25. The van der Waals surface area contributed by atoms with Gasteiger partial charge in [-0.15, -0.1) is 10.2 Å². The highest BCUT2D eigenvalue weighted by molar-refractivity contribution is 5.80. The van der Waals surface area contributed by atoms with Crippen molar-refractivity contribution in [1.82, 2.24) is 14.6 Å². The number of hydrogen-bond donors (Lipinski definition) is 1. The van der Waals surface area contributed by atoms with Crippen LogP contribution in [-0.2, 0) is 4.74 Å². The zero-order valence-electron chi connectivity index (χ0n) is 14.8. The van der Waals surface area contributed by atoms with Crippen molar-refractivity contribution in [1.29, 1.82) is 0 Å². The maximum absolute atomic E-state index is 11.7. The molecule has 1 N–H and O–H groups in total. The van der Waals surface area contributed by atoms with Crippen molar-refractivity contribution >= 4 is 18.0 Å². The molecule has 1 unspecified atom stereocenters. The van der Waals surface area contributed by atoms with Crippen molar-refractivity contribution in [3.63, 3.8) is 0 Å². The van der Waals surface area contributed by atoms with Gasteiger partial charge in [0.15, 0.2) is 5.65 Å². The first-order valence-electron chi connectivity index (χ1n) is 8.62. The maximum atomic E-state index is 11.7. The van der Waals surface area contributed by atoms with Crippen LogP contribution in [0.15, 0.2) is 23.3 Å². The van der Waals surface area contributed by atoms with E-state index in [-0.39, 0.29) is 17.6 Å². The van der Waals surface area contributed by atoms with E-state index >= 15 is 0 Å². The van der Waals surface area contributed by atoms with Crippen molar-refractivity contribution in [3.8, 4) is 5.75 Å². The van der Waals surface area contributed by atoms with E-state index in [1.54, 1.807) is 24.5 Å². The molecular weight excluding hydrogens is 320 g/mol. The molecule has 7 nitrogen and oxygen atoms in total. The summed E-state index contributed by atoms with van der Waals surface area (Å²) in [4.78, 5) is 15.7. The SMILES string of the molecule is CC(C)(C)OC(=O)/N=C/C1CCC[C@H](c2nnc3cc(O)ccn23)C1. The number of pyridine rings is 1. The Labute approximate surface area is 146 Å². The Bertz CT molecular complexity index is 791. The maximum Gasteiger partial charge on any atom is 0.433 e. The van der Waals surface area contributed by atoms with Gasteiger partial charge in [-0.1, -0.05) is 6.42 Å². The summed E-state index contributed by atoms with van der Waals surface area (Å²) in [5.41, 5.74) is 0.106. The van der Waals surface area contributed by atoms with Gasteiger partial charge in [-0.25, -0.2) is 4.79 Å². The average Bonchev–Trinajstić information content (AvgIpc) is 2.94. The summed E-state index contributed by atoms with van der Waals surface area (Å²) >= 11 is 0. The normalized spacial score (nSPS) is 21.7. The van der Waals surface area contributed by atoms with Crippen molar-refractivity contribution in [2.24, 2.45) is 10.9 Å². The lowest BCUT2D eigenvalue weighted by atomic mass is 9.81. The molecule has 0 aliphatic heterocycles. The fourth-order valence-corrected chi connectivity index (χ4v) is 3.23. The van der Waals surface area contributed by atoms with Gasteiger partial charge in [0, 0.05) is 24.4 Å². The Morgan fingerprint density at radius 3 is 2.96 bits per heavy atom. The van der Waals surface area contributed by atoms with Crippen molar-refractivity contribution < 1.29 is 14.6 Å². The summed E-state index contributed by atoms with van der Waals surface area (Å²) in [6.07, 6.45) is 6.90. The van der Waals surface area contributed by atoms with Gasteiger partial charge in [-0.05, 0) is 52.0 Å². The van der Waals surface area contributed by atoms with Gasteiger partial charge < -0.3 is 9.84 Å². The highest BCUT2D eigenvalue weighted by Gasteiger charge is 2.26. The molecule has 0 bridgehead atoms. The summed E-state index contributed by atoms with van der Waals surface area (Å²) < 4.78 is 7.12. The van der Waals surface area contributed by atoms with Crippen LogP contribution in [0.5, 0.6) is 5.75 Å². The first-order valence-corrected chi connectivity index (χ1v) is 8.62. The van der Waals surface area contributed by atoms with Gasteiger partial charge in [0.2, 0.25) is 0 Å². The van der Waals surface area contributed by atoms with E-state index in [0.717, 1.165) is 31.5 Å². The predicted molar refractivity (Wildman–Crippen MR) is 94.1 cm³/mol. The number of carbonyl (C=O) groups is 1. The Hall–Kier alpha value is -2.44. The molecule has 1 fully saturated rings. The van der Waals surface area contributed by atoms with E-state index in [1.807, 2.05) is 25.2 Å². The van der Waals surface area contributed by atoms with Crippen LogP contribution in [0.4, 0.5) is 4.79 Å². The van der Waals surface area contributed by atoms with E-state index in [2.05, 4.69) is 15.2 Å². The number of aliphatic imine (C=N–C) groups is 1. The second-order valence-corrected chi connectivity index (χ2v) is 7.55. The lowest BCUT2D eigenvalue weighted by Crippen LogP contribution is -2.23. The third kappa shape index (κ3) is 4.35. The predicted octanol–water partition coefficient (Wildman–Crippen LogP) is 3.71. The van der Waals surface area contributed by atoms with Crippen LogP contribution in [0.2, 0.25) is 0 Å². The molecule has 1 aliphatic rings. The molecule has 134 valence electrons. The van der Waals surface area contributed by atoms with E-state index < -0.39 is 11.7 Å². The van der Waals surface area contributed by atoms with E-state index in [1.165, 1.54) is 0 Å². The fourth-order valence-electron chi connectivity index (χ4n) is 3.23. The summed E-state index contributed by atoms with van der Waals surface area (Å²) in [5, 5.41) is 18.0. The van der Waals surface area contributed by atoms with Gasteiger partial charge in [-0.2, -0.15) is 4.99 Å².